The molecule has 1 amide bonds. The van der Waals surface area contributed by atoms with Crippen molar-refractivity contribution in [1.82, 2.24) is 9.21 Å². The largest absolute Gasteiger partial charge is 0.379 e. The number of carbonyl (C=O) groups excluding carboxylic acids is 1. The summed E-state index contributed by atoms with van der Waals surface area (Å²) in [6.07, 6.45) is 1.15. The topological polar surface area (TPSA) is 79.0 Å². The zero-order valence-corrected chi connectivity index (χ0v) is 20.1. The third-order valence-electron chi connectivity index (χ3n) is 6.34. The molecule has 2 fully saturated rings. The number of hydrogen-bond donors (Lipinski definition) is 1. The van der Waals surface area contributed by atoms with Crippen LogP contribution in [0.15, 0.2) is 59.5 Å². The molecule has 4 rings (SSSR count). The highest BCUT2D eigenvalue weighted by atomic mass is 32.2. The zero-order valence-electron chi connectivity index (χ0n) is 19.3. The second kappa shape index (κ2) is 10.3. The van der Waals surface area contributed by atoms with Crippen LogP contribution in [-0.2, 0) is 19.6 Å². The number of carbonyl (C=O) groups is 1. The first-order valence-corrected chi connectivity index (χ1v) is 13.1. The lowest BCUT2D eigenvalue weighted by atomic mass is 9.89. The summed E-state index contributed by atoms with van der Waals surface area (Å²) in [6.45, 7) is 7.60. The maximum atomic E-state index is 13.6. The molecule has 2 aliphatic heterocycles. The predicted molar refractivity (Wildman–Crippen MR) is 128 cm³/mol. The van der Waals surface area contributed by atoms with Gasteiger partial charge < -0.3 is 10.1 Å². The Labute approximate surface area is 196 Å². The number of ether oxygens (including phenoxy) is 1. The fourth-order valence-corrected chi connectivity index (χ4v) is 6.42. The third-order valence-corrected chi connectivity index (χ3v) is 8.23. The molecule has 0 saturated carbocycles. The summed E-state index contributed by atoms with van der Waals surface area (Å²) in [5.41, 5.74) is 1.42. The molecule has 178 valence electrons. The monoisotopic (exact) mass is 471 g/mol. The number of nitrogens with one attached hydrogen (secondary N) is 1. The van der Waals surface area contributed by atoms with Crippen molar-refractivity contribution in [2.45, 2.75) is 31.2 Å². The second-order valence-electron chi connectivity index (χ2n) is 9.25. The first-order valence-electron chi connectivity index (χ1n) is 11.6. The highest BCUT2D eigenvalue weighted by Crippen LogP contribution is 2.31. The molecule has 2 aliphatic rings. The van der Waals surface area contributed by atoms with Gasteiger partial charge in [-0.15, -0.1) is 0 Å². The van der Waals surface area contributed by atoms with Crippen LogP contribution in [0.2, 0.25) is 0 Å². The minimum atomic E-state index is -3.64. The van der Waals surface area contributed by atoms with E-state index in [1.807, 2.05) is 30.3 Å². The Kier molecular flexibility index (Phi) is 7.48. The molecule has 1 N–H and O–H groups in total. The van der Waals surface area contributed by atoms with Gasteiger partial charge in [0.1, 0.15) is 6.04 Å². The number of benzene rings is 2. The number of piperidine rings is 1. The van der Waals surface area contributed by atoms with Gasteiger partial charge in [0, 0.05) is 31.9 Å². The van der Waals surface area contributed by atoms with Gasteiger partial charge in [-0.05, 0) is 42.0 Å². The molecule has 2 heterocycles. The van der Waals surface area contributed by atoms with Crippen molar-refractivity contribution in [3.05, 3.63) is 60.2 Å². The van der Waals surface area contributed by atoms with Gasteiger partial charge in [-0.2, -0.15) is 4.31 Å². The van der Waals surface area contributed by atoms with Gasteiger partial charge in [-0.3, -0.25) is 9.69 Å². The van der Waals surface area contributed by atoms with Crippen molar-refractivity contribution in [2.75, 3.05) is 44.7 Å². The predicted octanol–water partition coefficient (Wildman–Crippen LogP) is 3.37. The van der Waals surface area contributed by atoms with E-state index in [0.29, 0.717) is 43.8 Å². The van der Waals surface area contributed by atoms with Crippen LogP contribution >= 0.6 is 0 Å². The summed E-state index contributed by atoms with van der Waals surface area (Å²) < 4.78 is 32.8. The van der Waals surface area contributed by atoms with Gasteiger partial charge in [0.2, 0.25) is 15.9 Å². The van der Waals surface area contributed by atoms with Gasteiger partial charge >= 0.3 is 0 Å². The Bertz CT molecular complexity index is 1040. The Hall–Kier alpha value is -2.26. The van der Waals surface area contributed by atoms with E-state index < -0.39 is 16.1 Å². The molecular formula is C25H33N3O4S. The van der Waals surface area contributed by atoms with Crippen molar-refractivity contribution in [2.24, 2.45) is 11.8 Å². The van der Waals surface area contributed by atoms with Crippen LogP contribution in [0, 0.1) is 11.8 Å². The third kappa shape index (κ3) is 5.63. The minimum absolute atomic E-state index is 0.150. The molecule has 7 nitrogen and oxygen atoms in total. The SMILES string of the molecule is C[C@@H]1C[C@@H](C)CN([C@@H](C(=O)Nc2cccc(S(=O)(=O)N3CCOCC3)c2)c2ccccc2)C1. The van der Waals surface area contributed by atoms with E-state index in [0.717, 1.165) is 25.1 Å². The van der Waals surface area contributed by atoms with Crippen LogP contribution in [0.25, 0.3) is 0 Å². The molecule has 2 aromatic carbocycles. The summed E-state index contributed by atoms with van der Waals surface area (Å²) in [6, 6.07) is 15.9. The Balaban J connectivity index is 1.58. The molecule has 0 bridgehead atoms. The standard InChI is InChI=1S/C25H33N3O4S/c1-19-15-20(2)18-27(17-19)24(21-7-4-3-5-8-21)25(29)26-22-9-6-10-23(16-22)33(30,31)28-11-13-32-14-12-28/h3-10,16,19-20,24H,11-15,17-18H2,1-2H3,(H,26,29)/t19-,20-,24-/m1/s1. The highest BCUT2D eigenvalue weighted by Gasteiger charge is 2.33. The van der Waals surface area contributed by atoms with Crippen molar-refractivity contribution in [1.29, 1.82) is 0 Å². The smallest absolute Gasteiger partial charge is 0.246 e. The fraction of sp³-hybridized carbons (Fsp3) is 0.480. The first-order chi connectivity index (χ1) is 15.8. The van der Waals surface area contributed by atoms with E-state index in [9.17, 15) is 13.2 Å². The summed E-state index contributed by atoms with van der Waals surface area (Å²) in [7, 11) is -3.64. The number of amides is 1. The van der Waals surface area contributed by atoms with E-state index in [-0.39, 0.29) is 10.8 Å². The maximum Gasteiger partial charge on any atom is 0.246 e. The van der Waals surface area contributed by atoms with Gasteiger partial charge in [-0.1, -0.05) is 50.2 Å². The van der Waals surface area contributed by atoms with Crippen LogP contribution in [0.3, 0.4) is 0 Å². The number of nitrogens with zero attached hydrogens (tertiary/aromatic N) is 2. The molecule has 0 spiro atoms. The molecule has 0 aromatic heterocycles. The number of hydrogen-bond acceptors (Lipinski definition) is 5. The van der Waals surface area contributed by atoms with E-state index in [4.69, 9.17) is 4.74 Å². The average molecular weight is 472 g/mol. The van der Waals surface area contributed by atoms with E-state index in [1.54, 1.807) is 24.3 Å². The van der Waals surface area contributed by atoms with E-state index >= 15 is 0 Å². The van der Waals surface area contributed by atoms with Crippen LogP contribution in [0.5, 0.6) is 0 Å². The number of likely N-dealkylation sites (tertiary alicyclic amines) is 1. The van der Waals surface area contributed by atoms with Crippen LogP contribution in [0.1, 0.15) is 31.9 Å². The number of morpholine rings is 1. The molecular weight excluding hydrogens is 438 g/mol. The molecule has 2 saturated heterocycles. The Morgan fingerprint density at radius 3 is 2.33 bits per heavy atom. The number of anilines is 1. The van der Waals surface area contributed by atoms with Gasteiger partial charge in [0.05, 0.1) is 18.1 Å². The number of rotatable bonds is 6. The Morgan fingerprint density at radius 1 is 1.00 bits per heavy atom. The van der Waals surface area contributed by atoms with Gasteiger partial charge in [0.25, 0.3) is 0 Å². The van der Waals surface area contributed by atoms with Crippen molar-refractivity contribution in [3.8, 4) is 0 Å². The Morgan fingerprint density at radius 2 is 1.67 bits per heavy atom. The molecule has 0 radical (unpaired) electrons. The van der Waals surface area contributed by atoms with Crippen LogP contribution < -0.4 is 5.32 Å². The minimum Gasteiger partial charge on any atom is -0.379 e. The highest BCUT2D eigenvalue weighted by molar-refractivity contribution is 7.89. The summed E-state index contributed by atoms with van der Waals surface area (Å²) in [5, 5.41) is 2.99. The average Bonchev–Trinajstić information content (AvgIpc) is 2.80. The maximum absolute atomic E-state index is 13.6. The van der Waals surface area contributed by atoms with Crippen LogP contribution in [-0.4, -0.2) is 62.9 Å². The second-order valence-corrected chi connectivity index (χ2v) is 11.2. The van der Waals surface area contributed by atoms with E-state index in [1.165, 1.54) is 4.31 Å². The first kappa shape index (κ1) is 23.9. The summed E-state index contributed by atoms with van der Waals surface area (Å²) >= 11 is 0. The van der Waals surface area contributed by atoms with Gasteiger partial charge in [0.15, 0.2) is 0 Å². The van der Waals surface area contributed by atoms with Gasteiger partial charge in [-0.25, -0.2) is 8.42 Å². The lowest BCUT2D eigenvalue weighted by Gasteiger charge is -2.39. The molecule has 0 unspecified atom stereocenters. The quantitative estimate of drug-likeness (QED) is 0.699. The summed E-state index contributed by atoms with van der Waals surface area (Å²) in [4.78, 5) is 16.0. The molecule has 3 atom stereocenters. The number of sulfonamides is 1. The van der Waals surface area contributed by atoms with Crippen molar-refractivity contribution < 1.29 is 17.9 Å². The fourth-order valence-electron chi connectivity index (χ4n) is 4.97. The lowest BCUT2D eigenvalue weighted by molar-refractivity contribution is -0.122. The van der Waals surface area contributed by atoms with Crippen LogP contribution in [0.4, 0.5) is 5.69 Å². The summed E-state index contributed by atoms with van der Waals surface area (Å²) in [5.74, 6) is 0.868. The van der Waals surface area contributed by atoms with Crippen molar-refractivity contribution in [3.63, 3.8) is 0 Å². The normalized spacial score (nSPS) is 23.7. The van der Waals surface area contributed by atoms with E-state index in [2.05, 4.69) is 24.1 Å². The molecule has 33 heavy (non-hydrogen) atoms. The molecule has 0 aliphatic carbocycles. The molecule has 8 heteroatoms. The molecule has 2 aromatic rings. The zero-order chi connectivity index (χ0) is 23.4. The van der Waals surface area contributed by atoms with Crippen molar-refractivity contribution >= 4 is 21.6 Å². The lowest BCUT2D eigenvalue weighted by Crippen LogP contribution is -2.45.